The van der Waals surface area contributed by atoms with Gasteiger partial charge < -0.3 is 9.84 Å². The summed E-state index contributed by atoms with van der Waals surface area (Å²) in [7, 11) is 0. The van der Waals surface area contributed by atoms with E-state index in [1.165, 1.54) is 6.42 Å². The van der Waals surface area contributed by atoms with Gasteiger partial charge in [0, 0.05) is 18.0 Å². The zero-order chi connectivity index (χ0) is 16.5. The van der Waals surface area contributed by atoms with Gasteiger partial charge in [0.25, 0.3) is 0 Å². The molecular formula is C17H29N3O2. The topological polar surface area (TPSA) is 58.4 Å². The molecule has 22 heavy (non-hydrogen) atoms. The quantitative estimate of drug-likeness (QED) is 0.929. The third-order valence-corrected chi connectivity index (χ3v) is 4.49. The molecule has 2 heterocycles. The minimum Gasteiger partial charge on any atom is -0.359 e. The number of likely N-dealkylation sites (tertiary alicyclic amines) is 1. The first kappa shape index (κ1) is 17.0. The average molecular weight is 307 g/mol. The summed E-state index contributed by atoms with van der Waals surface area (Å²) in [6, 6.07) is 1.81. The van der Waals surface area contributed by atoms with Gasteiger partial charge in [0.1, 0.15) is 5.76 Å². The Balaban J connectivity index is 2.05. The van der Waals surface area contributed by atoms with Gasteiger partial charge in [0.15, 0.2) is 5.82 Å². The zero-order valence-corrected chi connectivity index (χ0v) is 14.7. The van der Waals surface area contributed by atoms with Gasteiger partial charge in [0.2, 0.25) is 5.91 Å². The largest absolute Gasteiger partial charge is 0.359 e. The standard InChI is InChI=1S/C17H29N3O2/c1-12-8-7-9-20(11-12)17(5,6)15(21)18-14-10-13(22-19-14)16(2,3)4/h10,12H,7-9,11H2,1-6H3,(H,18,19,21). The van der Waals surface area contributed by atoms with Gasteiger partial charge in [-0.25, -0.2) is 0 Å². The Morgan fingerprint density at radius 3 is 2.59 bits per heavy atom. The molecule has 1 aliphatic heterocycles. The number of rotatable bonds is 3. The first-order valence-corrected chi connectivity index (χ1v) is 8.14. The van der Waals surface area contributed by atoms with Crippen LogP contribution < -0.4 is 5.32 Å². The van der Waals surface area contributed by atoms with Crippen molar-refractivity contribution in [1.29, 1.82) is 0 Å². The third-order valence-electron chi connectivity index (χ3n) is 4.49. The van der Waals surface area contributed by atoms with Crippen LogP contribution in [0.1, 0.15) is 60.1 Å². The molecule has 0 spiro atoms. The average Bonchev–Trinajstić information content (AvgIpc) is 2.87. The van der Waals surface area contributed by atoms with Crippen molar-refractivity contribution < 1.29 is 9.32 Å². The molecule has 1 fully saturated rings. The molecule has 0 radical (unpaired) electrons. The molecule has 1 atom stereocenters. The summed E-state index contributed by atoms with van der Waals surface area (Å²) in [5.74, 6) is 1.87. The van der Waals surface area contributed by atoms with E-state index in [9.17, 15) is 4.79 Å². The van der Waals surface area contributed by atoms with Gasteiger partial charge in [-0.3, -0.25) is 9.69 Å². The molecule has 0 aromatic carbocycles. The van der Waals surface area contributed by atoms with E-state index in [4.69, 9.17) is 4.52 Å². The second kappa shape index (κ2) is 6.03. The normalized spacial score (nSPS) is 20.9. The number of nitrogens with zero attached hydrogens (tertiary/aromatic N) is 2. The number of amides is 1. The summed E-state index contributed by atoms with van der Waals surface area (Å²) < 4.78 is 5.33. The monoisotopic (exact) mass is 307 g/mol. The number of aromatic nitrogens is 1. The number of hydrogen-bond donors (Lipinski definition) is 1. The van der Waals surface area contributed by atoms with E-state index in [-0.39, 0.29) is 11.3 Å². The summed E-state index contributed by atoms with van der Waals surface area (Å²) in [5, 5.41) is 6.87. The van der Waals surface area contributed by atoms with E-state index in [1.807, 2.05) is 19.9 Å². The van der Waals surface area contributed by atoms with Gasteiger partial charge in [-0.15, -0.1) is 0 Å². The zero-order valence-electron chi connectivity index (χ0n) is 14.7. The highest BCUT2D eigenvalue weighted by molar-refractivity contribution is 5.96. The maximum atomic E-state index is 12.7. The molecular weight excluding hydrogens is 278 g/mol. The Labute approximate surface area is 133 Å². The Hall–Kier alpha value is -1.36. The molecule has 5 nitrogen and oxygen atoms in total. The molecule has 1 aliphatic rings. The van der Waals surface area contributed by atoms with E-state index in [1.54, 1.807) is 0 Å². The van der Waals surface area contributed by atoms with Crippen LogP contribution in [-0.4, -0.2) is 34.6 Å². The summed E-state index contributed by atoms with van der Waals surface area (Å²) in [4.78, 5) is 14.9. The summed E-state index contributed by atoms with van der Waals surface area (Å²) >= 11 is 0. The van der Waals surface area contributed by atoms with E-state index in [0.29, 0.717) is 11.7 Å². The number of carbonyl (C=O) groups excluding carboxylic acids is 1. The molecule has 1 aromatic rings. The van der Waals surface area contributed by atoms with Crippen molar-refractivity contribution in [2.75, 3.05) is 18.4 Å². The lowest BCUT2D eigenvalue weighted by atomic mass is 9.92. The molecule has 0 aliphatic carbocycles. The lowest BCUT2D eigenvalue weighted by Gasteiger charge is -2.41. The van der Waals surface area contributed by atoms with Crippen molar-refractivity contribution in [2.45, 2.75) is 65.3 Å². The first-order valence-electron chi connectivity index (χ1n) is 8.14. The fraction of sp³-hybridized carbons (Fsp3) is 0.765. The number of nitrogens with one attached hydrogen (secondary N) is 1. The highest BCUT2D eigenvalue weighted by atomic mass is 16.5. The van der Waals surface area contributed by atoms with Gasteiger partial charge in [-0.1, -0.05) is 32.9 Å². The Morgan fingerprint density at radius 1 is 1.36 bits per heavy atom. The van der Waals surface area contributed by atoms with Crippen LogP contribution in [0.25, 0.3) is 0 Å². The van der Waals surface area contributed by atoms with Gasteiger partial charge in [0.05, 0.1) is 5.54 Å². The van der Waals surface area contributed by atoms with Crippen LogP contribution in [-0.2, 0) is 10.2 Å². The van der Waals surface area contributed by atoms with Crippen molar-refractivity contribution in [3.63, 3.8) is 0 Å². The Morgan fingerprint density at radius 2 is 2.05 bits per heavy atom. The highest BCUT2D eigenvalue weighted by Gasteiger charge is 2.37. The molecule has 1 amide bonds. The number of hydrogen-bond acceptors (Lipinski definition) is 4. The molecule has 0 bridgehead atoms. The summed E-state index contributed by atoms with van der Waals surface area (Å²) in [5.41, 5.74) is -0.663. The van der Waals surface area contributed by atoms with Crippen LogP contribution in [0.5, 0.6) is 0 Å². The molecule has 1 N–H and O–H groups in total. The summed E-state index contributed by atoms with van der Waals surface area (Å²) in [6.45, 7) is 14.3. The van der Waals surface area contributed by atoms with Crippen molar-refractivity contribution in [3.05, 3.63) is 11.8 Å². The van der Waals surface area contributed by atoms with Gasteiger partial charge in [-0.2, -0.15) is 0 Å². The third kappa shape index (κ3) is 3.69. The molecule has 5 heteroatoms. The molecule has 1 aromatic heterocycles. The first-order chi connectivity index (χ1) is 10.1. The lowest BCUT2D eigenvalue weighted by molar-refractivity contribution is -0.127. The number of piperidine rings is 1. The van der Waals surface area contributed by atoms with Crippen LogP contribution in [0.2, 0.25) is 0 Å². The van der Waals surface area contributed by atoms with Gasteiger partial charge >= 0.3 is 0 Å². The molecule has 1 unspecified atom stereocenters. The SMILES string of the molecule is CC1CCCN(C(C)(C)C(=O)Nc2cc(C(C)(C)C)on2)C1. The number of anilines is 1. The van der Waals surface area contributed by atoms with Crippen molar-refractivity contribution >= 4 is 11.7 Å². The second-order valence-corrected chi connectivity index (χ2v) is 8.03. The van der Waals surface area contributed by atoms with Crippen LogP contribution >= 0.6 is 0 Å². The summed E-state index contributed by atoms with van der Waals surface area (Å²) in [6.07, 6.45) is 2.39. The predicted octanol–water partition coefficient (Wildman–Crippen LogP) is 3.42. The molecule has 124 valence electrons. The minimum atomic E-state index is -0.546. The number of carbonyl (C=O) groups is 1. The van der Waals surface area contributed by atoms with Crippen LogP contribution in [0, 0.1) is 5.92 Å². The lowest BCUT2D eigenvalue weighted by Crippen LogP contribution is -2.55. The second-order valence-electron chi connectivity index (χ2n) is 8.03. The predicted molar refractivity (Wildman–Crippen MR) is 87.9 cm³/mol. The van der Waals surface area contributed by atoms with Gasteiger partial charge in [-0.05, 0) is 39.2 Å². The maximum Gasteiger partial charge on any atom is 0.245 e. The molecule has 1 saturated heterocycles. The van der Waals surface area contributed by atoms with E-state index < -0.39 is 5.54 Å². The minimum absolute atomic E-state index is 0.0321. The molecule has 0 saturated carbocycles. The maximum absolute atomic E-state index is 12.7. The van der Waals surface area contributed by atoms with Crippen LogP contribution in [0.3, 0.4) is 0 Å². The van der Waals surface area contributed by atoms with Crippen molar-refractivity contribution in [1.82, 2.24) is 10.1 Å². The molecule has 2 rings (SSSR count). The van der Waals surface area contributed by atoms with Crippen molar-refractivity contribution in [2.24, 2.45) is 5.92 Å². The van der Waals surface area contributed by atoms with E-state index in [2.05, 4.69) is 43.1 Å². The fourth-order valence-electron chi connectivity index (χ4n) is 2.80. The van der Waals surface area contributed by atoms with E-state index >= 15 is 0 Å². The Bertz CT molecular complexity index is 528. The van der Waals surface area contributed by atoms with Crippen molar-refractivity contribution in [3.8, 4) is 0 Å². The highest BCUT2D eigenvalue weighted by Crippen LogP contribution is 2.27. The fourth-order valence-corrected chi connectivity index (χ4v) is 2.80. The smallest absolute Gasteiger partial charge is 0.245 e. The van der Waals surface area contributed by atoms with E-state index in [0.717, 1.165) is 25.3 Å². The Kier molecular flexibility index (Phi) is 4.66. The van der Waals surface area contributed by atoms with Crippen LogP contribution in [0.15, 0.2) is 10.6 Å². The van der Waals surface area contributed by atoms with Crippen LogP contribution in [0.4, 0.5) is 5.82 Å².